The van der Waals surface area contributed by atoms with Gasteiger partial charge in [0.2, 0.25) is 0 Å². The number of allylic oxidation sites excluding steroid dienone is 7. The van der Waals surface area contributed by atoms with Gasteiger partial charge in [-0.05, 0) is 18.1 Å². The van der Waals surface area contributed by atoms with Gasteiger partial charge < -0.3 is 0 Å². The van der Waals surface area contributed by atoms with Crippen LogP contribution in [0.2, 0.25) is 0 Å². The van der Waals surface area contributed by atoms with Gasteiger partial charge in [0.25, 0.3) is 0 Å². The van der Waals surface area contributed by atoms with Gasteiger partial charge in [-0.2, -0.15) is 0 Å². The van der Waals surface area contributed by atoms with Gasteiger partial charge >= 0.3 is 0 Å². The van der Waals surface area contributed by atoms with Crippen molar-refractivity contribution in [2.45, 2.75) is 6.92 Å². The zero-order valence-electron chi connectivity index (χ0n) is 5.59. The Morgan fingerprint density at radius 2 is 2.00 bits per heavy atom. The molecule has 0 heterocycles. The summed E-state index contributed by atoms with van der Waals surface area (Å²) in [5.41, 5.74) is 2.33. The van der Waals surface area contributed by atoms with Crippen LogP contribution in [0.3, 0.4) is 0 Å². The Hall–Kier alpha value is -1.04. The molecule has 0 unspecified atom stereocenters. The highest BCUT2D eigenvalue weighted by Crippen LogP contribution is 2.10. The molecule has 0 atom stereocenters. The Bertz CT molecular complexity index is 202. The van der Waals surface area contributed by atoms with E-state index in [9.17, 15) is 0 Å². The van der Waals surface area contributed by atoms with Crippen molar-refractivity contribution in [2.24, 2.45) is 0 Å². The molecule has 0 fully saturated rings. The van der Waals surface area contributed by atoms with E-state index in [-0.39, 0.29) is 0 Å². The molecule has 0 heteroatoms. The molecule has 0 aromatic heterocycles. The molecule has 1 aliphatic carbocycles. The first-order valence-electron chi connectivity index (χ1n) is 3.01. The van der Waals surface area contributed by atoms with Crippen molar-refractivity contribution in [3.05, 3.63) is 48.1 Å². The van der Waals surface area contributed by atoms with E-state index >= 15 is 0 Å². The SMILES string of the molecule is C=C1C=CC=CC=C1C. The first-order chi connectivity index (χ1) is 4.30. The molecule has 0 N–H and O–H groups in total. The van der Waals surface area contributed by atoms with Crippen LogP contribution in [0.1, 0.15) is 6.92 Å². The van der Waals surface area contributed by atoms with Crippen LogP contribution in [0.25, 0.3) is 0 Å². The summed E-state index contributed by atoms with van der Waals surface area (Å²) in [6, 6.07) is 0. The zero-order chi connectivity index (χ0) is 6.69. The van der Waals surface area contributed by atoms with Crippen molar-refractivity contribution < 1.29 is 0 Å². The summed E-state index contributed by atoms with van der Waals surface area (Å²) in [5.74, 6) is 0. The molecule has 0 aromatic carbocycles. The van der Waals surface area contributed by atoms with Crippen molar-refractivity contribution in [2.75, 3.05) is 0 Å². The van der Waals surface area contributed by atoms with Gasteiger partial charge in [-0.1, -0.05) is 37.0 Å². The van der Waals surface area contributed by atoms with Crippen molar-refractivity contribution >= 4 is 0 Å². The fourth-order valence-corrected chi connectivity index (χ4v) is 0.674. The average Bonchev–Trinajstić information content (AvgIpc) is 1.99. The molecule has 0 saturated heterocycles. The second-order valence-corrected chi connectivity index (χ2v) is 2.12. The fourth-order valence-electron chi connectivity index (χ4n) is 0.674. The molecular formula is C9H10. The highest BCUT2D eigenvalue weighted by molar-refractivity contribution is 5.41. The van der Waals surface area contributed by atoms with Crippen LogP contribution >= 0.6 is 0 Å². The summed E-state index contributed by atoms with van der Waals surface area (Å²) < 4.78 is 0. The van der Waals surface area contributed by atoms with Gasteiger partial charge in [0, 0.05) is 0 Å². The Balaban J connectivity index is 2.93. The van der Waals surface area contributed by atoms with E-state index < -0.39 is 0 Å². The summed E-state index contributed by atoms with van der Waals surface area (Å²) in [6.07, 6.45) is 10.1. The molecule has 46 valence electrons. The minimum atomic E-state index is 1.10. The van der Waals surface area contributed by atoms with E-state index in [1.807, 2.05) is 24.3 Å². The number of hydrogen-bond acceptors (Lipinski definition) is 0. The molecule has 0 radical (unpaired) electrons. The van der Waals surface area contributed by atoms with Crippen LogP contribution in [-0.2, 0) is 0 Å². The van der Waals surface area contributed by atoms with Gasteiger partial charge in [-0.25, -0.2) is 0 Å². The quantitative estimate of drug-likeness (QED) is 0.458. The summed E-state index contributed by atoms with van der Waals surface area (Å²) in [4.78, 5) is 0. The average molecular weight is 118 g/mol. The lowest BCUT2D eigenvalue weighted by atomic mass is 10.1. The van der Waals surface area contributed by atoms with Crippen molar-refractivity contribution in [3.8, 4) is 0 Å². The lowest BCUT2D eigenvalue weighted by Crippen LogP contribution is -1.73. The largest absolute Gasteiger partial charge is 0.0915 e. The van der Waals surface area contributed by atoms with E-state index in [0.717, 1.165) is 5.57 Å². The molecule has 0 bridgehead atoms. The molecule has 0 saturated carbocycles. The second kappa shape index (κ2) is 2.49. The van der Waals surface area contributed by atoms with Crippen molar-refractivity contribution in [1.82, 2.24) is 0 Å². The minimum Gasteiger partial charge on any atom is -0.0915 e. The Morgan fingerprint density at radius 3 is 2.78 bits per heavy atom. The summed E-state index contributed by atoms with van der Waals surface area (Å²) in [6.45, 7) is 5.92. The first kappa shape index (κ1) is 6.09. The predicted molar refractivity (Wildman–Crippen MR) is 41.2 cm³/mol. The molecule has 0 amide bonds. The van der Waals surface area contributed by atoms with Crippen LogP contribution in [0.5, 0.6) is 0 Å². The normalized spacial score (nSPS) is 17.4. The van der Waals surface area contributed by atoms with Crippen LogP contribution in [-0.4, -0.2) is 0 Å². The Morgan fingerprint density at radius 1 is 1.22 bits per heavy atom. The highest BCUT2D eigenvalue weighted by atomic mass is 14.0. The van der Waals surface area contributed by atoms with E-state index in [1.165, 1.54) is 5.57 Å². The van der Waals surface area contributed by atoms with Gasteiger partial charge in [0.05, 0.1) is 0 Å². The van der Waals surface area contributed by atoms with Crippen LogP contribution in [0, 0.1) is 0 Å². The van der Waals surface area contributed by atoms with Gasteiger partial charge in [-0.3, -0.25) is 0 Å². The third-order valence-electron chi connectivity index (χ3n) is 1.37. The molecule has 0 spiro atoms. The maximum Gasteiger partial charge on any atom is -0.0299 e. The third kappa shape index (κ3) is 1.43. The van der Waals surface area contributed by atoms with Gasteiger partial charge in [0.1, 0.15) is 0 Å². The minimum absolute atomic E-state index is 1.10. The maximum absolute atomic E-state index is 3.86. The van der Waals surface area contributed by atoms with Crippen molar-refractivity contribution in [1.29, 1.82) is 0 Å². The molecular weight excluding hydrogens is 108 g/mol. The molecule has 9 heavy (non-hydrogen) atoms. The van der Waals surface area contributed by atoms with Crippen molar-refractivity contribution in [3.63, 3.8) is 0 Å². The zero-order valence-corrected chi connectivity index (χ0v) is 5.59. The van der Waals surface area contributed by atoms with Crippen LogP contribution in [0.15, 0.2) is 48.1 Å². The van der Waals surface area contributed by atoms with E-state index in [0.29, 0.717) is 0 Å². The topological polar surface area (TPSA) is 0 Å². The van der Waals surface area contributed by atoms with E-state index in [4.69, 9.17) is 0 Å². The Kier molecular flexibility index (Phi) is 1.69. The van der Waals surface area contributed by atoms with Crippen LogP contribution in [0.4, 0.5) is 0 Å². The molecule has 0 aromatic rings. The highest BCUT2D eigenvalue weighted by Gasteiger charge is 1.90. The Labute approximate surface area is 55.9 Å². The van der Waals surface area contributed by atoms with Crippen LogP contribution < -0.4 is 0 Å². The lowest BCUT2D eigenvalue weighted by molar-refractivity contribution is 1.45. The van der Waals surface area contributed by atoms with E-state index in [2.05, 4.69) is 19.6 Å². The van der Waals surface area contributed by atoms with E-state index in [1.54, 1.807) is 0 Å². The van der Waals surface area contributed by atoms with Gasteiger partial charge in [0.15, 0.2) is 0 Å². The molecule has 0 aliphatic heterocycles. The second-order valence-electron chi connectivity index (χ2n) is 2.12. The summed E-state index contributed by atoms with van der Waals surface area (Å²) >= 11 is 0. The molecule has 1 rings (SSSR count). The molecule has 1 aliphatic rings. The lowest BCUT2D eigenvalue weighted by Gasteiger charge is -1.93. The third-order valence-corrected chi connectivity index (χ3v) is 1.37. The monoisotopic (exact) mass is 118 g/mol. The van der Waals surface area contributed by atoms with Gasteiger partial charge in [-0.15, -0.1) is 0 Å². The number of hydrogen-bond donors (Lipinski definition) is 0. The maximum atomic E-state index is 3.86. The summed E-state index contributed by atoms with van der Waals surface area (Å²) in [7, 11) is 0. The smallest absolute Gasteiger partial charge is 0.0299 e. The standard InChI is InChI=1S/C9H10/c1-8-6-4-3-5-7-9(8)2/h3-7H,1H2,2H3. The fraction of sp³-hybridized carbons (Fsp3) is 0.111. The number of rotatable bonds is 0. The first-order valence-corrected chi connectivity index (χ1v) is 3.01. The molecule has 0 nitrogen and oxygen atoms in total. The predicted octanol–water partition coefficient (Wildman–Crippen LogP) is 2.61. The summed E-state index contributed by atoms with van der Waals surface area (Å²) in [5, 5.41) is 0.